The lowest BCUT2D eigenvalue weighted by atomic mass is 10.2. The van der Waals surface area contributed by atoms with Crippen LogP contribution < -0.4 is 14.8 Å². The average molecular weight is 655 g/mol. The van der Waals surface area contributed by atoms with Gasteiger partial charge in [0.15, 0.2) is 0 Å². The molecule has 0 heterocycles. The number of benzene rings is 2. The van der Waals surface area contributed by atoms with Gasteiger partial charge in [-0.1, -0.05) is 43.3 Å². The summed E-state index contributed by atoms with van der Waals surface area (Å²) in [4.78, 5) is 21.8. The average Bonchev–Trinajstić information content (AvgIpc) is 2.80. The number of rotatable bonds is 10. The fraction of sp³-hybridized carbons (Fsp3) is 0.391. The molecule has 216 valence electrons. The van der Waals surface area contributed by atoms with Gasteiger partial charge in [-0.25, -0.2) is 4.57 Å². The smallest absolute Gasteiger partial charge is 0.428 e. The summed E-state index contributed by atoms with van der Waals surface area (Å²) in [5, 5.41) is 0. The van der Waals surface area contributed by atoms with Crippen LogP contribution in [0, 0.1) is 5.92 Å². The predicted octanol–water partition coefficient (Wildman–Crippen LogP) is 7.67. The van der Waals surface area contributed by atoms with Gasteiger partial charge < -0.3 is 24.3 Å². The molecule has 0 saturated heterocycles. The Balaban J connectivity index is 0. The minimum atomic E-state index is -3.44. The molecule has 0 radical (unpaired) electrons. The first kappa shape index (κ1) is 38.7. The molecule has 3 atom stereocenters. The molecule has 2 N–H and O–H groups in total. The van der Waals surface area contributed by atoms with Crippen molar-refractivity contribution in [3.63, 3.8) is 0 Å². The fourth-order valence-electron chi connectivity index (χ4n) is 2.24. The summed E-state index contributed by atoms with van der Waals surface area (Å²) in [6.07, 6.45) is -3.50. The van der Waals surface area contributed by atoms with Gasteiger partial charge in [0.2, 0.25) is 0 Å². The van der Waals surface area contributed by atoms with Crippen LogP contribution in [0.5, 0.6) is 11.5 Å². The van der Waals surface area contributed by atoms with Crippen LogP contribution in [-0.4, -0.2) is 37.4 Å². The van der Waals surface area contributed by atoms with Crippen LogP contribution >= 0.6 is 58.9 Å². The zero-order valence-corrected chi connectivity index (χ0v) is 26.2. The molecule has 2 rings (SSSR count). The molecule has 0 aliphatic heterocycles. The molecule has 0 aliphatic carbocycles. The van der Waals surface area contributed by atoms with Crippen LogP contribution in [0.25, 0.3) is 0 Å². The number of halogens is 4. The Kier molecular flexibility index (Phi) is 20.8. The fourth-order valence-corrected chi connectivity index (χ4v) is 5.26. The third-order valence-electron chi connectivity index (χ3n) is 3.78. The van der Waals surface area contributed by atoms with E-state index in [4.69, 9.17) is 48.7 Å². The monoisotopic (exact) mass is 653 g/mol. The van der Waals surface area contributed by atoms with E-state index < -0.39 is 30.7 Å². The van der Waals surface area contributed by atoms with Crippen LogP contribution in [0.2, 0.25) is 0 Å². The van der Waals surface area contributed by atoms with Gasteiger partial charge >= 0.3 is 24.7 Å². The summed E-state index contributed by atoms with van der Waals surface area (Å²) in [5.74, 6) is -0.493. The van der Waals surface area contributed by atoms with Gasteiger partial charge in [0.05, 0.1) is 25.3 Å². The van der Waals surface area contributed by atoms with Crippen molar-refractivity contribution in [1.82, 2.24) is 0 Å². The van der Waals surface area contributed by atoms with E-state index in [0.717, 1.165) is 0 Å². The first-order valence-electron chi connectivity index (χ1n) is 11.1. The molecule has 15 heteroatoms. The second kappa shape index (κ2) is 20.5. The molecule has 1 unspecified atom stereocenters. The van der Waals surface area contributed by atoms with Crippen LogP contribution in [0.1, 0.15) is 27.7 Å². The van der Waals surface area contributed by atoms with E-state index in [1.165, 1.54) is 0 Å². The molecule has 9 nitrogen and oxygen atoms in total. The highest BCUT2D eigenvalue weighted by molar-refractivity contribution is 8.05. The van der Waals surface area contributed by atoms with Gasteiger partial charge in [0.1, 0.15) is 17.5 Å². The molecule has 2 aromatic carbocycles. The van der Waals surface area contributed by atoms with E-state index in [9.17, 15) is 18.7 Å². The Labute approximate surface area is 244 Å². The Morgan fingerprint density at radius 2 is 1.18 bits per heavy atom. The number of ether oxygens (including phenoxy) is 2. The molecular weight excluding hydrogens is 622 g/mol. The van der Waals surface area contributed by atoms with Crippen molar-refractivity contribution in [2.45, 2.75) is 33.7 Å². The zero-order valence-electron chi connectivity index (χ0n) is 21.3. The van der Waals surface area contributed by atoms with Crippen molar-refractivity contribution in [1.29, 1.82) is 0 Å². The van der Waals surface area contributed by atoms with Gasteiger partial charge in [-0.2, -0.15) is 0 Å². The molecule has 0 aliphatic rings. The van der Waals surface area contributed by atoms with E-state index in [-0.39, 0.29) is 31.1 Å². The van der Waals surface area contributed by atoms with Gasteiger partial charge in [-0.3, -0.25) is 14.2 Å². The van der Waals surface area contributed by atoms with E-state index in [0.29, 0.717) is 18.1 Å². The lowest BCUT2D eigenvalue weighted by molar-refractivity contribution is -0.146. The van der Waals surface area contributed by atoms with Crippen LogP contribution in [0.15, 0.2) is 60.7 Å². The lowest BCUT2D eigenvalue weighted by Crippen LogP contribution is -2.28. The van der Waals surface area contributed by atoms with Crippen molar-refractivity contribution < 1.29 is 37.2 Å². The molecule has 2 aromatic rings. The summed E-state index contributed by atoms with van der Waals surface area (Å²) in [7, 11) is 0. The minimum Gasteiger partial charge on any atom is -0.466 e. The van der Waals surface area contributed by atoms with Crippen molar-refractivity contribution in [2.75, 3.05) is 19.4 Å². The molecule has 0 saturated carbocycles. The number of esters is 2. The van der Waals surface area contributed by atoms with Gasteiger partial charge in [0.25, 0.3) is 0 Å². The molecular formula is C23H33Cl4NO8P2. The first-order chi connectivity index (χ1) is 17.2. The number of carbonyl (C=O) groups is 2. The summed E-state index contributed by atoms with van der Waals surface area (Å²) < 4.78 is 42.0. The van der Waals surface area contributed by atoms with E-state index in [2.05, 4.69) is 9.26 Å². The van der Waals surface area contributed by atoms with Crippen LogP contribution in [0.3, 0.4) is 0 Å². The standard InChI is InChI=1S/C12H16ClO4P.C6H5Cl2O2P.C5H11NO2.ClH/c1-3-16-12(14)10(2)9-18(13,15)17-11-7-5-4-6-8-11;7-11(8,9)10-6-4-2-1-3-5-6;1-3-8-5(7)4(2)6;/h4-8,10H,3,9H2,1-2H3;1-5H;4H,3,6H2,1-2H3;1H/t10-,18?;;4-;/m1.0./s1. The highest BCUT2D eigenvalue weighted by Gasteiger charge is 2.29. The molecule has 0 amide bonds. The Morgan fingerprint density at radius 1 is 0.789 bits per heavy atom. The van der Waals surface area contributed by atoms with Crippen molar-refractivity contribution in [3.8, 4) is 11.5 Å². The third-order valence-corrected chi connectivity index (χ3v) is 6.70. The molecule has 38 heavy (non-hydrogen) atoms. The van der Waals surface area contributed by atoms with Crippen molar-refractivity contribution in [3.05, 3.63) is 60.7 Å². The second-order valence-electron chi connectivity index (χ2n) is 7.19. The number of carbonyl (C=O) groups excluding carboxylic acids is 2. The summed E-state index contributed by atoms with van der Waals surface area (Å²) in [6, 6.07) is 16.7. The molecule has 0 fully saturated rings. The number of para-hydroxylation sites is 2. The normalized spacial score (nSPS) is 13.3. The zero-order chi connectivity index (χ0) is 28.5. The quantitative estimate of drug-likeness (QED) is 0.202. The van der Waals surface area contributed by atoms with E-state index in [1.54, 1.807) is 82.3 Å². The maximum atomic E-state index is 12.0. The lowest BCUT2D eigenvalue weighted by Gasteiger charge is -2.16. The summed E-state index contributed by atoms with van der Waals surface area (Å²) in [5.41, 5.74) is 5.15. The van der Waals surface area contributed by atoms with Crippen LogP contribution in [-0.2, 0) is 28.2 Å². The predicted molar refractivity (Wildman–Crippen MR) is 155 cm³/mol. The molecule has 0 bridgehead atoms. The van der Waals surface area contributed by atoms with Gasteiger partial charge in [-0.05, 0) is 56.3 Å². The van der Waals surface area contributed by atoms with E-state index in [1.807, 2.05) is 6.07 Å². The summed E-state index contributed by atoms with van der Waals surface area (Å²) in [6.45, 7) is 3.99. The SMILES string of the molecule is CCOC(=O)[C@H](C)CP(=O)(Cl)Oc1ccccc1.CCOC(=O)[C@H](C)N.Cl.O=P(Cl)(Cl)Oc1ccccc1. The van der Waals surface area contributed by atoms with E-state index >= 15 is 0 Å². The highest BCUT2D eigenvalue weighted by Crippen LogP contribution is 2.57. The molecule has 0 aromatic heterocycles. The number of hydrogen-bond donors (Lipinski definition) is 1. The van der Waals surface area contributed by atoms with Crippen molar-refractivity contribution in [2.24, 2.45) is 11.7 Å². The topological polar surface area (TPSA) is 131 Å². The van der Waals surface area contributed by atoms with Gasteiger partial charge in [-0.15, -0.1) is 12.4 Å². The largest absolute Gasteiger partial charge is 0.466 e. The Morgan fingerprint density at radius 3 is 1.53 bits per heavy atom. The Bertz CT molecular complexity index is 1030. The third kappa shape index (κ3) is 20.5. The maximum Gasteiger partial charge on any atom is 0.428 e. The van der Waals surface area contributed by atoms with Crippen molar-refractivity contribution >= 4 is 70.9 Å². The second-order valence-corrected chi connectivity index (χ2v) is 14.7. The Hall–Kier alpha value is -1.44. The molecule has 0 spiro atoms. The summed E-state index contributed by atoms with van der Waals surface area (Å²) >= 11 is 16.2. The van der Waals surface area contributed by atoms with Gasteiger partial charge in [0, 0.05) is 22.5 Å². The first-order valence-corrected chi connectivity index (χ1v) is 17.2. The minimum absolute atomic E-state index is 0. The highest BCUT2D eigenvalue weighted by atomic mass is 35.9. The maximum absolute atomic E-state index is 12.0. The van der Waals surface area contributed by atoms with Crippen LogP contribution in [0.4, 0.5) is 0 Å². The number of hydrogen-bond acceptors (Lipinski definition) is 9. The number of nitrogens with two attached hydrogens (primary N) is 1.